The highest BCUT2D eigenvalue weighted by Gasteiger charge is 2.39. The van der Waals surface area contributed by atoms with E-state index in [1.165, 1.54) is 0 Å². The first kappa shape index (κ1) is 15.1. The summed E-state index contributed by atoms with van der Waals surface area (Å²) >= 11 is 3.29. The molecule has 1 unspecified atom stereocenters. The molecule has 0 radical (unpaired) electrons. The number of hydrogen-bond donors (Lipinski definition) is 1. The van der Waals surface area contributed by atoms with Crippen molar-refractivity contribution in [2.24, 2.45) is 0 Å². The fraction of sp³-hybridized carbons (Fsp3) is 0.417. The van der Waals surface area contributed by atoms with Gasteiger partial charge in [0, 0.05) is 18.1 Å². The SMILES string of the molecule is COC(CCNc1nc2ccc(Br)cc2o1)C(F)(F)F. The molecule has 1 atom stereocenters. The largest absolute Gasteiger partial charge is 0.424 e. The van der Waals surface area contributed by atoms with E-state index in [2.05, 4.69) is 31.0 Å². The smallest absolute Gasteiger partial charge is 0.414 e. The van der Waals surface area contributed by atoms with Crippen molar-refractivity contribution < 1.29 is 22.3 Å². The van der Waals surface area contributed by atoms with Crippen LogP contribution in [-0.4, -0.2) is 30.9 Å². The van der Waals surface area contributed by atoms with E-state index in [4.69, 9.17) is 4.42 Å². The molecular formula is C12H12BrF3N2O2. The second-order valence-electron chi connectivity index (χ2n) is 4.11. The molecule has 1 heterocycles. The van der Waals surface area contributed by atoms with E-state index in [-0.39, 0.29) is 19.0 Å². The van der Waals surface area contributed by atoms with Crippen LogP contribution in [0, 0.1) is 0 Å². The number of oxazole rings is 1. The number of anilines is 1. The summed E-state index contributed by atoms with van der Waals surface area (Å²) < 4.78 is 48.0. The Balaban J connectivity index is 1.96. The van der Waals surface area contributed by atoms with E-state index < -0.39 is 12.3 Å². The molecule has 1 aromatic heterocycles. The molecule has 0 aliphatic carbocycles. The molecule has 4 nitrogen and oxygen atoms in total. The quantitative estimate of drug-likeness (QED) is 0.884. The highest BCUT2D eigenvalue weighted by atomic mass is 79.9. The minimum absolute atomic E-state index is 0.0476. The van der Waals surface area contributed by atoms with Gasteiger partial charge in [-0.05, 0) is 24.6 Å². The van der Waals surface area contributed by atoms with Crippen molar-refractivity contribution in [3.8, 4) is 0 Å². The summed E-state index contributed by atoms with van der Waals surface area (Å²) in [4.78, 5) is 4.12. The molecule has 0 bridgehead atoms. The molecule has 0 aliphatic rings. The number of fused-ring (bicyclic) bond motifs is 1. The number of aromatic nitrogens is 1. The Bertz CT molecular complexity index is 586. The zero-order chi connectivity index (χ0) is 14.8. The lowest BCUT2D eigenvalue weighted by molar-refractivity contribution is -0.213. The fourth-order valence-corrected chi connectivity index (χ4v) is 2.04. The number of nitrogens with zero attached hydrogens (tertiary/aromatic N) is 1. The van der Waals surface area contributed by atoms with Crippen LogP contribution in [0.15, 0.2) is 27.1 Å². The standard InChI is InChI=1S/C12H12BrF3N2O2/c1-19-10(12(14,15)16)4-5-17-11-18-8-3-2-7(13)6-9(8)20-11/h2-3,6,10H,4-5H2,1H3,(H,17,18). The number of nitrogens with one attached hydrogen (secondary N) is 1. The van der Waals surface area contributed by atoms with Crippen LogP contribution >= 0.6 is 15.9 Å². The van der Waals surface area contributed by atoms with Crippen LogP contribution in [0.3, 0.4) is 0 Å². The van der Waals surface area contributed by atoms with E-state index >= 15 is 0 Å². The van der Waals surface area contributed by atoms with Crippen molar-refractivity contribution in [3.05, 3.63) is 22.7 Å². The minimum Gasteiger partial charge on any atom is -0.424 e. The van der Waals surface area contributed by atoms with Crippen LogP contribution < -0.4 is 5.32 Å². The number of rotatable bonds is 5. The molecule has 110 valence electrons. The maximum Gasteiger partial charge on any atom is 0.414 e. The number of ether oxygens (including phenoxy) is 1. The molecule has 8 heteroatoms. The van der Waals surface area contributed by atoms with Crippen LogP contribution in [0.2, 0.25) is 0 Å². The number of methoxy groups -OCH3 is 1. The summed E-state index contributed by atoms with van der Waals surface area (Å²) in [6.45, 7) is 0.0476. The monoisotopic (exact) mass is 352 g/mol. The summed E-state index contributed by atoms with van der Waals surface area (Å²) in [5.74, 6) is 0. The van der Waals surface area contributed by atoms with Crippen LogP contribution in [-0.2, 0) is 4.74 Å². The van der Waals surface area contributed by atoms with E-state index in [0.717, 1.165) is 11.6 Å². The normalized spacial score (nSPS) is 13.7. The predicted octanol–water partition coefficient (Wildman–Crippen LogP) is 3.97. The van der Waals surface area contributed by atoms with Gasteiger partial charge in [-0.25, -0.2) is 0 Å². The minimum atomic E-state index is -4.37. The molecule has 0 aliphatic heterocycles. The molecule has 1 aromatic carbocycles. The van der Waals surface area contributed by atoms with Gasteiger partial charge in [-0.1, -0.05) is 15.9 Å². The first-order valence-electron chi connectivity index (χ1n) is 5.79. The Kier molecular flexibility index (Phi) is 4.54. The van der Waals surface area contributed by atoms with Gasteiger partial charge in [0.2, 0.25) is 0 Å². The molecule has 20 heavy (non-hydrogen) atoms. The van der Waals surface area contributed by atoms with Crippen LogP contribution in [0.25, 0.3) is 11.1 Å². The van der Waals surface area contributed by atoms with Gasteiger partial charge in [-0.15, -0.1) is 0 Å². The molecule has 2 rings (SSSR count). The molecule has 0 saturated heterocycles. The van der Waals surface area contributed by atoms with E-state index in [1.807, 2.05) is 0 Å². The van der Waals surface area contributed by atoms with Gasteiger partial charge >= 0.3 is 6.18 Å². The van der Waals surface area contributed by atoms with Crippen molar-refractivity contribution in [1.29, 1.82) is 0 Å². The highest BCUT2D eigenvalue weighted by Crippen LogP contribution is 2.25. The van der Waals surface area contributed by atoms with Gasteiger partial charge in [0.25, 0.3) is 6.01 Å². The predicted molar refractivity (Wildman–Crippen MR) is 71.7 cm³/mol. The van der Waals surface area contributed by atoms with Crippen molar-refractivity contribution in [1.82, 2.24) is 4.98 Å². The van der Waals surface area contributed by atoms with E-state index in [9.17, 15) is 13.2 Å². The molecule has 0 spiro atoms. The third-order valence-corrected chi connectivity index (χ3v) is 3.18. The van der Waals surface area contributed by atoms with Crippen LogP contribution in [0.4, 0.5) is 19.2 Å². The Morgan fingerprint density at radius 2 is 2.20 bits per heavy atom. The fourth-order valence-electron chi connectivity index (χ4n) is 1.70. The highest BCUT2D eigenvalue weighted by molar-refractivity contribution is 9.10. The van der Waals surface area contributed by atoms with Crippen LogP contribution in [0.5, 0.6) is 0 Å². The summed E-state index contributed by atoms with van der Waals surface area (Å²) in [6, 6.07) is 5.48. The van der Waals surface area contributed by atoms with Gasteiger partial charge < -0.3 is 14.5 Å². The van der Waals surface area contributed by atoms with Crippen molar-refractivity contribution in [3.63, 3.8) is 0 Å². The zero-order valence-corrected chi connectivity index (χ0v) is 12.1. The van der Waals surface area contributed by atoms with Crippen LogP contribution in [0.1, 0.15) is 6.42 Å². The van der Waals surface area contributed by atoms with Gasteiger partial charge in [-0.2, -0.15) is 18.2 Å². The van der Waals surface area contributed by atoms with Crippen molar-refractivity contribution in [2.75, 3.05) is 19.0 Å². The molecule has 2 aromatic rings. The summed E-state index contributed by atoms with van der Waals surface area (Å²) in [5, 5.41) is 2.72. The lowest BCUT2D eigenvalue weighted by Crippen LogP contribution is -2.32. The number of hydrogen-bond acceptors (Lipinski definition) is 4. The van der Waals surface area contributed by atoms with Gasteiger partial charge in [0.05, 0.1) is 0 Å². The van der Waals surface area contributed by atoms with E-state index in [0.29, 0.717) is 11.1 Å². The van der Waals surface area contributed by atoms with Crippen molar-refractivity contribution >= 4 is 33.0 Å². The number of alkyl halides is 3. The number of halogens is 4. The van der Waals surface area contributed by atoms with E-state index in [1.54, 1.807) is 18.2 Å². The molecule has 0 saturated carbocycles. The topological polar surface area (TPSA) is 47.3 Å². The summed E-state index contributed by atoms with van der Waals surface area (Å²) in [5.41, 5.74) is 1.19. The Morgan fingerprint density at radius 3 is 2.85 bits per heavy atom. The third-order valence-electron chi connectivity index (χ3n) is 2.68. The molecular weight excluding hydrogens is 341 g/mol. The first-order chi connectivity index (χ1) is 9.40. The average Bonchev–Trinajstić information content (AvgIpc) is 2.74. The molecule has 0 fully saturated rings. The average molecular weight is 353 g/mol. The first-order valence-corrected chi connectivity index (χ1v) is 6.59. The molecule has 0 amide bonds. The number of benzene rings is 1. The third kappa shape index (κ3) is 3.63. The Labute approximate surface area is 121 Å². The second-order valence-corrected chi connectivity index (χ2v) is 5.03. The van der Waals surface area contributed by atoms with Crippen molar-refractivity contribution in [2.45, 2.75) is 18.7 Å². The Hall–Kier alpha value is -1.28. The van der Waals surface area contributed by atoms with Gasteiger partial charge in [0.15, 0.2) is 11.7 Å². The lowest BCUT2D eigenvalue weighted by atomic mass is 10.2. The van der Waals surface area contributed by atoms with Gasteiger partial charge in [0.1, 0.15) is 5.52 Å². The second kappa shape index (κ2) is 6.01. The zero-order valence-electron chi connectivity index (χ0n) is 10.5. The maximum absolute atomic E-state index is 12.5. The molecule has 1 N–H and O–H groups in total. The lowest BCUT2D eigenvalue weighted by Gasteiger charge is -2.18. The summed E-state index contributed by atoms with van der Waals surface area (Å²) in [7, 11) is 1.04. The van der Waals surface area contributed by atoms with Gasteiger partial charge in [-0.3, -0.25) is 0 Å². The Morgan fingerprint density at radius 1 is 1.45 bits per heavy atom. The summed E-state index contributed by atoms with van der Waals surface area (Å²) in [6.07, 6.45) is -6.39. The maximum atomic E-state index is 12.5.